The summed E-state index contributed by atoms with van der Waals surface area (Å²) in [5, 5.41) is 10.5. The van der Waals surface area contributed by atoms with Gasteiger partial charge in [-0.05, 0) is 63.8 Å². The first-order valence-corrected chi connectivity index (χ1v) is 9.32. The number of rotatable bonds is 2. The lowest BCUT2D eigenvalue weighted by Gasteiger charge is -2.36. The fraction of sp³-hybridized carbons (Fsp3) is 0.632. The molecule has 2 aliphatic rings. The first kappa shape index (κ1) is 18.3. The predicted molar refractivity (Wildman–Crippen MR) is 99.3 cm³/mol. The normalized spacial score (nSPS) is 23.6. The summed E-state index contributed by atoms with van der Waals surface area (Å²) < 4.78 is 5.51. The molecule has 1 N–H and O–H groups in total. The number of halogens is 1. The van der Waals surface area contributed by atoms with Gasteiger partial charge in [0, 0.05) is 29.8 Å². The maximum Gasteiger partial charge on any atom is 0.410 e. The monoisotopic (exact) mass is 366 g/mol. The van der Waals surface area contributed by atoms with Crippen molar-refractivity contribution in [3.63, 3.8) is 0 Å². The molecule has 0 aromatic heterocycles. The molecule has 2 heterocycles. The number of hydrogen-bond donors (Lipinski definition) is 1. The molecule has 2 aliphatic heterocycles. The van der Waals surface area contributed by atoms with Gasteiger partial charge in [-0.3, -0.25) is 0 Å². The Bertz CT molecular complexity index is 644. The van der Waals surface area contributed by atoms with Crippen molar-refractivity contribution in [2.45, 2.75) is 57.7 Å². The van der Waals surface area contributed by atoms with Crippen LogP contribution < -0.4 is 4.90 Å². The smallest absolute Gasteiger partial charge is 0.410 e. The maximum atomic E-state index is 12.5. The second-order valence-electron chi connectivity index (χ2n) is 7.93. The van der Waals surface area contributed by atoms with E-state index in [1.807, 2.05) is 32.9 Å². The molecule has 0 saturated carbocycles. The number of aryl methyl sites for hydroxylation is 1. The summed E-state index contributed by atoms with van der Waals surface area (Å²) in [5.74, 6) is 0. The predicted octanol–water partition coefficient (Wildman–Crippen LogP) is 3.46. The van der Waals surface area contributed by atoms with Crippen LogP contribution in [-0.2, 0) is 11.2 Å². The summed E-state index contributed by atoms with van der Waals surface area (Å²) in [4.78, 5) is 16.5. The van der Waals surface area contributed by atoms with E-state index in [-0.39, 0.29) is 24.8 Å². The van der Waals surface area contributed by atoms with Gasteiger partial charge >= 0.3 is 6.09 Å². The van der Waals surface area contributed by atoms with E-state index < -0.39 is 5.60 Å². The van der Waals surface area contributed by atoms with Gasteiger partial charge in [0.05, 0.1) is 12.6 Å². The van der Waals surface area contributed by atoms with E-state index in [4.69, 9.17) is 16.3 Å². The zero-order chi connectivity index (χ0) is 18.2. The van der Waals surface area contributed by atoms with Crippen LogP contribution in [-0.4, -0.2) is 53.5 Å². The molecule has 25 heavy (non-hydrogen) atoms. The van der Waals surface area contributed by atoms with Gasteiger partial charge in [-0.2, -0.15) is 0 Å². The summed E-state index contributed by atoms with van der Waals surface area (Å²) in [6.45, 7) is 7.06. The van der Waals surface area contributed by atoms with Gasteiger partial charge < -0.3 is 19.6 Å². The maximum absolute atomic E-state index is 12.5. The third kappa shape index (κ3) is 4.04. The van der Waals surface area contributed by atoms with Crippen molar-refractivity contribution in [2.75, 3.05) is 24.6 Å². The molecule has 138 valence electrons. The van der Waals surface area contributed by atoms with Crippen LogP contribution in [0.15, 0.2) is 18.2 Å². The molecule has 0 bridgehead atoms. The van der Waals surface area contributed by atoms with E-state index in [1.54, 1.807) is 4.90 Å². The van der Waals surface area contributed by atoms with Crippen molar-refractivity contribution in [2.24, 2.45) is 0 Å². The lowest BCUT2D eigenvalue weighted by atomic mass is 9.99. The summed E-state index contributed by atoms with van der Waals surface area (Å²) in [6, 6.07) is 6.01. The number of likely N-dealkylation sites (tertiary alicyclic amines) is 1. The Morgan fingerprint density at radius 2 is 2.16 bits per heavy atom. The number of nitrogens with zero attached hydrogens (tertiary/aromatic N) is 2. The average Bonchev–Trinajstić information content (AvgIpc) is 2.96. The molecule has 1 aromatic carbocycles. The Kier molecular flexibility index (Phi) is 5.16. The molecular weight excluding hydrogens is 340 g/mol. The highest BCUT2D eigenvalue weighted by atomic mass is 35.5. The Labute approximate surface area is 154 Å². The van der Waals surface area contributed by atoms with E-state index in [1.165, 1.54) is 11.3 Å². The second kappa shape index (κ2) is 7.04. The van der Waals surface area contributed by atoms with Gasteiger partial charge in [-0.25, -0.2) is 4.79 Å². The first-order chi connectivity index (χ1) is 11.8. The Balaban J connectivity index is 1.78. The summed E-state index contributed by atoms with van der Waals surface area (Å²) >= 11 is 6.13. The van der Waals surface area contributed by atoms with Crippen molar-refractivity contribution >= 4 is 23.4 Å². The first-order valence-electron chi connectivity index (χ1n) is 8.94. The molecule has 5 nitrogen and oxygen atoms in total. The molecule has 2 atom stereocenters. The Morgan fingerprint density at radius 1 is 1.40 bits per heavy atom. The largest absolute Gasteiger partial charge is 0.444 e. The van der Waals surface area contributed by atoms with Crippen molar-refractivity contribution in [1.82, 2.24) is 4.90 Å². The molecule has 2 unspecified atom stereocenters. The van der Waals surface area contributed by atoms with Gasteiger partial charge in [0.25, 0.3) is 0 Å². The van der Waals surface area contributed by atoms with E-state index in [9.17, 15) is 9.90 Å². The fourth-order valence-electron chi connectivity index (χ4n) is 3.81. The van der Waals surface area contributed by atoms with Gasteiger partial charge in [0.2, 0.25) is 0 Å². The molecule has 0 radical (unpaired) electrons. The van der Waals surface area contributed by atoms with E-state index in [0.29, 0.717) is 6.54 Å². The fourth-order valence-corrected chi connectivity index (χ4v) is 4.00. The van der Waals surface area contributed by atoms with Gasteiger partial charge in [-0.15, -0.1) is 0 Å². The van der Waals surface area contributed by atoms with Crippen molar-refractivity contribution < 1.29 is 14.6 Å². The van der Waals surface area contributed by atoms with E-state index in [2.05, 4.69) is 11.0 Å². The molecule has 1 fully saturated rings. The van der Waals surface area contributed by atoms with Crippen LogP contribution in [0.3, 0.4) is 0 Å². The number of hydrogen-bond acceptors (Lipinski definition) is 4. The highest BCUT2D eigenvalue weighted by Crippen LogP contribution is 2.34. The third-order valence-corrected chi connectivity index (χ3v) is 5.10. The number of anilines is 1. The number of ether oxygens (including phenoxy) is 1. The summed E-state index contributed by atoms with van der Waals surface area (Å²) in [6.07, 6.45) is 2.50. The van der Waals surface area contributed by atoms with Crippen LogP contribution in [0.1, 0.15) is 39.2 Å². The molecule has 1 saturated heterocycles. The number of aliphatic hydroxyl groups excluding tert-OH is 1. The van der Waals surface area contributed by atoms with Gasteiger partial charge in [-0.1, -0.05) is 11.6 Å². The zero-order valence-electron chi connectivity index (χ0n) is 15.2. The molecule has 1 amide bonds. The number of fused-ring (bicyclic) bond motifs is 1. The number of amides is 1. The molecule has 6 heteroatoms. The highest BCUT2D eigenvalue weighted by Gasteiger charge is 2.40. The molecular formula is C19H27ClN2O3. The van der Waals surface area contributed by atoms with Gasteiger partial charge in [0.1, 0.15) is 5.60 Å². The van der Waals surface area contributed by atoms with Crippen molar-refractivity contribution in [3.8, 4) is 0 Å². The number of carbonyl (C=O) groups excluding carboxylic acids is 1. The lowest BCUT2D eigenvalue weighted by Crippen LogP contribution is -2.43. The summed E-state index contributed by atoms with van der Waals surface area (Å²) in [5.41, 5.74) is 1.92. The Morgan fingerprint density at radius 3 is 2.84 bits per heavy atom. The minimum Gasteiger partial charge on any atom is -0.444 e. The van der Waals surface area contributed by atoms with Crippen molar-refractivity contribution in [1.29, 1.82) is 0 Å². The van der Waals surface area contributed by atoms with Crippen LogP contribution in [0.5, 0.6) is 0 Å². The van der Waals surface area contributed by atoms with Crippen LogP contribution in [0.4, 0.5) is 10.5 Å². The number of carbonyl (C=O) groups is 1. The lowest BCUT2D eigenvalue weighted by molar-refractivity contribution is 0.0174. The third-order valence-electron chi connectivity index (χ3n) is 4.87. The van der Waals surface area contributed by atoms with Crippen LogP contribution in [0.2, 0.25) is 5.02 Å². The minimum absolute atomic E-state index is 0.0446. The van der Waals surface area contributed by atoms with E-state index >= 15 is 0 Å². The van der Waals surface area contributed by atoms with Crippen LogP contribution in [0, 0.1) is 0 Å². The molecule has 0 spiro atoms. The second-order valence-corrected chi connectivity index (χ2v) is 8.37. The van der Waals surface area contributed by atoms with Crippen LogP contribution in [0.25, 0.3) is 0 Å². The highest BCUT2D eigenvalue weighted by molar-refractivity contribution is 6.30. The summed E-state index contributed by atoms with van der Waals surface area (Å²) in [7, 11) is 0. The standard InChI is InChI=1S/C19H27ClN2O3/c1-19(2,3)25-18(24)22-11-15(10-16(22)12-23)21-8-4-5-13-9-14(20)6-7-17(13)21/h6-7,9,15-16,23H,4-5,8,10-12H2,1-3H3. The van der Waals surface area contributed by atoms with Crippen LogP contribution >= 0.6 is 11.6 Å². The molecule has 3 rings (SSSR count). The minimum atomic E-state index is -0.538. The molecule has 0 aliphatic carbocycles. The Hall–Kier alpha value is -1.46. The average molecular weight is 367 g/mol. The SMILES string of the molecule is CC(C)(C)OC(=O)N1CC(N2CCCc3cc(Cl)ccc32)CC1CO. The number of benzene rings is 1. The van der Waals surface area contributed by atoms with Gasteiger partial charge in [0.15, 0.2) is 0 Å². The van der Waals surface area contributed by atoms with Crippen molar-refractivity contribution in [3.05, 3.63) is 28.8 Å². The topological polar surface area (TPSA) is 53.0 Å². The molecule has 1 aromatic rings. The van der Waals surface area contributed by atoms with E-state index in [0.717, 1.165) is 30.8 Å². The zero-order valence-corrected chi connectivity index (χ0v) is 15.9. The quantitative estimate of drug-likeness (QED) is 0.870. The number of aliphatic hydroxyl groups is 1.